The van der Waals surface area contributed by atoms with Crippen LogP contribution in [-0.4, -0.2) is 37.5 Å². The molecular formula is C13H28NO4P. The van der Waals surface area contributed by atoms with Gasteiger partial charge in [0.15, 0.2) is 0 Å². The molecule has 0 aromatic carbocycles. The molecule has 0 aliphatic heterocycles. The van der Waals surface area contributed by atoms with Crippen molar-refractivity contribution in [2.45, 2.75) is 46.1 Å². The van der Waals surface area contributed by atoms with E-state index in [0.717, 1.165) is 6.42 Å². The lowest BCUT2D eigenvalue weighted by molar-refractivity contribution is -0.151. The summed E-state index contributed by atoms with van der Waals surface area (Å²) in [5.74, 6) is -0.152. The number of ether oxygens (including phenoxy) is 1. The highest BCUT2D eigenvalue weighted by Gasteiger charge is 2.29. The molecule has 0 radical (unpaired) electrons. The number of hydrogen-bond acceptors (Lipinski definition) is 5. The Kier molecular flexibility index (Phi) is 7.87. The van der Waals surface area contributed by atoms with Gasteiger partial charge in [0.1, 0.15) is 11.8 Å². The molecule has 0 bridgehead atoms. The summed E-state index contributed by atoms with van der Waals surface area (Å²) >= 11 is 0. The quantitative estimate of drug-likeness (QED) is 0.550. The Balaban J connectivity index is 4.45. The second-order valence-electron chi connectivity index (χ2n) is 5.76. The van der Waals surface area contributed by atoms with Crippen LogP contribution < -0.4 is 5.73 Å². The predicted molar refractivity (Wildman–Crippen MR) is 77.6 cm³/mol. The highest BCUT2D eigenvalue weighted by molar-refractivity contribution is 7.59. The Bertz CT molecular complexity index is 321. The second kappa shape index (κ2) is 8.03. The molecule has 0 spiro atoms. The zero-order chi connectivity index (χ0) is 15.1. The lowest BCUT2D eigenvalue weighted by Gasteiger charge is -2.22. The molecule has 0 amide bonds. The molecule has 0 rings (SSSR count). The third-order valence-electron chi connectivity index (χ3n) is 2.91. The van der Waals surface area contributed by atoms with Crippen LogP contribution >= 0.6 is 7.37 Å². The fourth-order valence-corrected chi connectivity index (χ4v) is 3.36. The van der Waals surface area contributed by atoms with Crippen molar-refractivity contribution in [1.29, 1.82) is 0 Å². The molecule has 19 heavy (non-hydrogen) atoms. The number of hydrogen-bond donors (Lipinski definition) is 1. The predicted octanol–water partition coefficient (Wildman–Crippen LogP) is 2.63. The molecule has 0 saturated carbocycles. The number of carbonyl (C=O) groups excluding carboxylic acids is 1. The molecular weight excluding hydrogens is 265 g/mol. The second-order valence-corrected chi connectivity index (χ2v) is 8.52. The zero-order valence-corrected chi connectivity index (χ0v) is 13.7. The zero-order valence-electron chi connectivity index (χ0n) is 12.8. The van der Waals surface area contributed by atoms with Crippen LogP contribution in [0.3, 0.4) is 0 Å². The normalized spacial score (nSPS) is 16.7. The smallest absolute Gasteiger partial charge is 0.316 e. The first-order valence-electron chi connectivity index (χ1n) is 6.71. The molecule has 0 aliphatic rings. The third-order valence-corrected chi connectivity index (χ3v) is 5.26. The van der Waals surface area contributed by atoms with Crippen LogP contribution in [0.1, 0.15) is 40.5 Å². The average molecular weight is 293 g/mol. The van der Waals surface area contributed by atoms with Crippen molar-refractivity contribution in [1.82, 2.24) is 0 Å². The summed E-state index contributed by atoms with van der Waals surface area (Å²) in [6.07, 6.45) is 1.85. The van der Waals surface area contributed by atoms with Gasteiger partial charge in [-0.3, -0.25) is 9.36 Å². The topological polar surface area (TPSA) is 78.6 Å². The van der Waals surface area contributed by atoms with Gasteiger partial charge in [0.25, 0.3) is 0 Å². The fourth-order valence-electron chi connectivity index (χ4n) is 1.67. The maximum atomic E-state index is 12.5. The number of nitrogens with two attached hydrogens (primary N) is 1. The van der Waals surface area contributed by atoms with E-state index in [2.05, 4.69) is 0 Å². The van der Waals surface area contributed by atoms with Crippen molar-refractivity contribution >= 4 is 13.3 Å². The molecule has 5 nitrogen and oxygen atoms in total. The van der Waals surface area contributed by atoms with Crippen LogP contribution in [0, 0.1) is 5.92 Å². The van der Waals surface area contributed by atoms with Gasteiger partial charge in [-0.05, 0) is 39.7 Å². The summed E-state index contributed by atoms with van der Waals surface area (Å²) in [5.41, 5.74) is 5.05. The Morgan fingerprint density at radius 1 is 1.37 bits per heavy atom. The van der Waals surface area contributed by atoms with E-state index in [9.17, 15) is 9.36 Å². The lowest BCUT2D eigenvalue weighted by atomic mass is 10.0. The molecule has 0 fully saturated rings. The SMILES string of the molecule is CCC(CN)CCP(=O)(CC(=O)OC(C)(C)C)OC. The largest absolute Gasteiger partial charge is 0.460 e. The van der Waals surface area contributed by atoms with E-state index in [-0.39, 0.29) is 6.16 Å². The van der Waals surface area contributed by atoms with E-state index in [1.54, 1.807) is 20.8 Å². The summed E-state index contributed by atoms with van der Waals surface area (Å²) in [6, 6.07) is 0. The van der Waals surface area contributed by atoms with Crippen LogP contribution in [0.15, 0.2) is 0 Å². The standard InChI is InChI=1S/C13H28NO4P/c1-6-11(9-14)7-8-19(16,17-5)10-12(15)18-13(2,3)4/h11H,6-10,14H2,1-5H3. The number of esters is 1. The minimum atomic E-state index is -2.95. The maximum Gasteiger partial charge on any atom is 0.316 e. The first-order valence-corrected chi connectivity index (χ1v) is 8.71. The highest BCUT2D eigenvalue weighted by atomic mass is 31.2. The van der Waals surface area contributed by atoms with E-state index in [1.165, 1.54) is 7.11 Å². The fraction of sp³-hybridized carbons (Fsp3) is 0.923. The summed E-state index contributed by atoms with van der Waals surface area (Å²) in [5, 5.41) is 0. The maximum absolute atomic E-state index is 12.5. The van der Waals surface area contributed by atoms with Crippen LogP contribution in [0.2, 0.25) is 0 Å². The van der Waals surface area contributed by atoms with Crippen molar-refractivity contribution in [2.75, 3.05) is 26.0 Å². The molecule has 2 atom stereocenters. The van der Waals surface area contributed by atoms with Crippen LogP contribution in [0.4, 0.5) is 0 Å². The summed E-state index contributed by atoms with van der Waals surface area (Å²) in [6.45, 7) is 7.95. The molecule has 6 heteroatoms. The highest BCUT2D eigenvalue weighted by Crippen LogP contribution is 2.47. The van der Waals surface area contributed by atoms with Gasteiger partial charge < -0.3 is 15.0 Å². The van der Waals surface area contributed by atoms with Gasteiger partial charge in [0, 0.05) is 13.3 Å². The van der Waals surface area contributed by atoms with E-state index in [0.29, 0.717) is 25.0 Å². The first kappa shape index (κ1) is 18.6. The van der Waals surface area contributed by atoms with Gasteiger partial charge in [-0.1, -0.05) is 13.3 Å². The molecule has 114 valence electrons. The van der Waals surface area contributed by atoms with Crippen LogP contribution in [0.25, 0.3) is 0 Å². The molecule has 0 aliphatic carbocycles. The van der Waals surface area contributed by atoms with Gasteiger partial charge in [-0.25, -0.2) is 0 Å². The van der Waals surface area contributed by atoms with E-state index in [1.807, 2.05) is 6.92 Å². The summed E-state index contributed by atoms with van der Waals surface area (Å²) < 4.78 is 22.7. The van der Waals surface area contributed by atoms with Crippen molar-refractivity contribution < 1.29 is 18.6 Å². The third kappa shape index (κ3) is 8.40. The van der Waals surface area contributed by atoms with Gasteiger partial charge in [0.05, 0.1) is 0 Å². The van der Waals surface area contributed by atoms with Crippen LogP contribution in [0.5, 0.6) is 0 Å². The van der Waals surface area contributed by atoms with Gasteiger partial charge >= 0.3 is 5.97 Å². The molecule has 0 heterocycles. The summed E-state index contributed by atoms with van der Waals surface area (Å²) in [7, 11) is -1.57. The van der Waals surface area contributed by atoms with Crippen molar-refractivity contribution in [3.63, 3.8) is 0 Å². The summed E-state index contributed by atoms with van der Waals surface area (Å²) in [4.78, 5) is 11.7. The Morgan fingerprint density at radius 3 is 2.32 bits per heavy atom. The van der Waals surface area contributed by atoms with E-state index >= 15 is 0 Å². The van der Waals surface area contributed by atoms with Crippen molar-refractivity contribution in [3.8, 4) is 0 Å². The van der Waals surface area contributed by atoms with Gasteiger partial charge in [-0.2, -0.15) is 0 Å². The van der Waals surface area contributed by atoms with Crippen molar-refractivity contribution in [2.24, 2.45) is 11.7 Å². The molecule has 0 saturated heterocycles. The Hall–Kier alpha value is -0.380. The lowest BCUT2D eigenvalue weighted by Crippen LogP contribution is -2.26. The molecule has 2 unspecified atom stereocenters. The minimum Gasteiger partial charge on any atom is -0.460 e. The van der Waals surface area contributed by atoms with Gasteiger partial charge in [-0.15, -0.1) is 0 Å². The molecule has 2 N–H and O–H groups in total. The first-order chi connectivity index (χ1) is 8.65. The van der Waals surface area contributed by atoms with Gasteiger partial charge in [0.2, 0.25) is 7.37 Å². The van der Waals surface area contributed by atoms with E-state index in [4.69, 9.17) is 15.0 Å². The monoisotopic (exact) mass is 293 g/mol. The van der Waals surface area contributed by atoms with E-state index < -0.39 is 18.9 Å². The Morgan fingerprint density at radius 2 is 1.95 bits per heavy atom. The Labute approximate surface area is 116 Å². The van der Waals surface area contributed by atoms with Crippen molar-refractivity contribution in [3.05, 3.63) is 0 Å². The molecule has 0 aromatic heterocycles. The molecule has 0 aromatic rings. The number of carbonyl (C=O) groups is 1. The number of rotatable bonds is 8. The van der Waals surface area contributed by atoms with Crippen LogP contribution in [-0.2, 0) is 18.6 Å². The minimum absolute atomic E-state index is 0.165. The average Bonchev–Trinajstić information content (AvgIpc) is 2.27.